The number of ether oxygens (including phenoxy) is 1. The molecule has 2 aliphatic carbocycles. The summed E-state index contributed by atoms with van der Waals surface area (Å²) in [6.07, 6.45) is 7.81. The normalized spacial score (nSPS) is 27.9. The topological polar surface area (TPSA) is 43.4 Å². The van der Waals surface area contributed by atoms with Crippen LogP contribution in [0.15, 0.2) is 34.6 Å². The fourth-order valence-electron chi connectivity index (χ4n) is 5.15. The first-order valence-corrected chi connectivity index (χ1v) is 10.2. The highest BCUT2D eigenvalue weighted by molar-refractivity contribution is 6.19. The lowest BCUT2D eigenvalue weighted by molar-refractivity contribution is -0.153. The molecule has 0 saturated heterocycles. The maximum absolute atomic E-state index is 13.7. The molecule has 3 heteroatoms. The lowest BCUT2D eigenvalue weighted by Crippen LogP contribution is -2.57. The maximum atomic E-state index is 13.7. The molecule has 0 fully saturated rings. The van der Waals surface area contributed by atoms with Crippen LogP contribution < -0.4 is 0 Å². The van der Waals surface area contributed by atoms with Gasteiger partial charge in [0, 0.05) is 5.57 Å². The first-order chi connectivity index (χ1) is 12.5. The lowest BCUT2D eigenvalue weighted by Gasteiger charge is -2.50. The highest BCUT2D eigenvalue weighted by atomic mass is 16.5. The van der Waals surface area contributed by atoms with Crippen LogP contribution in [0.25, 0.3) is 0 Å². The van der Waals surface area contributed by atoms with Crippen molar-refractivity contribution in [3.63, 3.8) is 0 Å². The van der Waals surface area contributed by atoms with Crippen LogP contribution in [0.4, 0.5) is 0 Å². The summed E-state index contributed by atoms with van der Waals surface area (Å²) < 4.78 is 5.50. The number of carbonyl (C=O) groups excluding carboxylic acids is 2. The highest BCUT2D eigenvalue weighted by Crippen LogP contribution is 2.55. The van der Waals surface area contributed by atoms with E-state index in [0.717, 1.165) is 19.3 Å². The van der Waals surface area contributed by atoms with Gasteiger partial charge in [-0.2, -0.15) is 0 Å². The zero-order chi connectivity index (χ0) is 20.6. The van der Waals surface area contributed by atoms with Gasteiger partial charge in [0.15, 0.2) is 11.6 Å². The molecule has 0 N–H and O–H groups in total. The summed E-state index contributed by atoms with van der Waals surface area (Å²) in [4.78, 5) is 27.2. The van der Waals surface area contributed by atoms with Gasteiger partial charge in [0.05, 0.1) is 17.9 Å². The molecule has 150 valence electrons. The highest BCUT2D eigenvalue weighted by Gasteiger charge is 2.61. The standard InChI is InChI=1S/C24H36O3/c1-15(2)10-9-11-18-12-13-24(19(14-18)16(3)4)20(25)17(5)21(27-8)23(6,7)22(24)26/h10,12,16,19H,9,11,13-14H2,1-8H3/t19-,24+/m1/s1. The Morgan fingerprint density at radius 2 is 1.93 bits per heavy atom. The Morgan fingerprint density at radius 1 is 1.30 bits per heavy atom. The molecule has 0 aromatic rings. The zero-order valence-electron chi connectivity index (χ0n) is 18.4. The molecule has 1 spiro atoms. The number of hydrogen-bond acceptors (Lipinski definition) is 3. The van der Waals surface area contributed by atoms with Crippen molar-refractivity contribution in [3.8, 4) is 0 Å². The summed E-state index contributed by atoms with van der Waals surface area (Å²) in [6.45, 7) is 14.1. The summed E-state index contributed by atoms with van der Waals surface area (Å²) in [5.74, 6) is 0.835. The minimum atomic E-state index is -0.941. The first kappa shape index (κ1) is 21.7. The Labute approximate surface area is 164 Å². The van der Waals surface area contributed by atoms with Gasteiger partial charge in [0.1, 0.15) is 5.76 Å². The predicted molar refractivity (Wildman–Crippen MR) is 110 cm³/mol. The molecule has 0 aliphatic heterocycles. The average Bonchev–Trinajstić information content (AvgIpc) is 2.59. The minimum Gasteiger partial charge on any atom is -0.500 e. The predicted octanol–water partition coefficient (Wildman–Crippen LogP) is 5.81. The van der Waals surface area contributed by atoms with Gasteiger partial charge in [0.2, 0.25) is 0 Å². The van der Waals surface area contributed by atoms with Gasteiger partial charge in [0.25, 0.3) is 0 Å². The summed E-state index contributed by atoms with van der Waals surface area (Å²) in [7, 11) is 1.56. The molecule has 2 rings (SSSR count). The van der Waals surface area contributed by atoms with Crippen LogP contribution in [0.3, 0.4) is 0 Å². The third-order valence-corrected chi connectivity index (χ3v) is 6.48. The van der Waals surface area contributed by atoms with Crippen molar-refractivity contribution < 1.29 is 14.3 Å². The molecule has 2 atom stereocenters. The summed E-state index contributed by atoms with van der Waals surface area (Å²) >= 11 is 0. The molecule has 0 unspecified atom stereocenters. The van der Waals surface area contributed by atoms with Crippen LogP contribution in [0.2, 0.25) is 0 Å². The Kier molecular flexibility index (Phi) is 6.23. The van der Waals surface area contributed by atoms with Crippen LogP contribution >= 0.6 is 0 Å². The Morgan fingerprint density at radius 3 is 2.44 bits per heavy atom. The van der Waals surface area contributed by atoms with Gasteiger partial charge >= 0.3 is 0 Å². The van der Waals surface area contributed by atoms with E-state index in [4.69, 9.17) is 4.74 Å². The fourth-order valence-corrected chi connectivity index (χ4v) is 5.15. The maximum Gasteiger partial charge on any atom is 0.176 e. The quantitative estimate of drug-likeness (QED) is 0.452. The molecule has 0 bridgehead atoms. The molecule has 0 heterocycles. The van der Waals surface area contributed by atoms with E-state index in [-0.39, 0.29) is 23.4 Å². The number of methoxy groups -OCH3 is 1. The molecule has 3 nitrogen and oxygen atoms in total. The van der Waals surface area contributed by atoms with Crippen LogP contribution in [0, 0.1) is 22.7 Å². The molecule has 0 aromatic carbocycles. The van der Waals surface area contributed by atoms with Crippen LogP contribution in [-0.2, 0) is 14.3 Å². The Balaban J connectivity index is 2.49. The van der Waals surface area contributed by atoms with Gasteiger partial charge in [-0.1, -0.05) is 37.1 Å². The largest absolute Gasteiger partial charge is 0.500 e. The van der Waals surface area contributed by atoms with Crippen molar-refractivity contribution in [2.45, 2.75) is 74.1 Å². The molecule has 0 amide bonds. The summed E-state index contributed by atoms with van der Waals surface area (Å²) in [5, 5.41) is 0. The average molecular weight is 373 g/mol. The molecule has 0 radical (unpaired) electrons. The SMILES string of the molecule is COC1=C(C)C(=O)[C@@]2(CC=C(CCC=C(C)C)C[C@@H]2C(C)C)C(=O)C1(C)C. The van der Waals surface area contributed by atoms with E-state index in [1.165, 1.54) is 11.1 Å². The number of hydrogen-bond donors (Lipinski definition) is 0. The first-order valence-electron chi connectivity index (χ1n) is 10.2. The smallest absolute Gasteiger partial charge is 0.176 e. The van der Waals surface area contributed by atoms with Crippen molar-refractivity contribution in [2.24, 2.45) is 22.7 Å². The second kappa shape index (κ2) is 7.77. The number of carbonyl (C=O) groups is 2. The van der Waals surface area contributed by atoms with E-state index in [9.17, 15) is 9.59 Å². The van der Waals surface area contributed by atoms with E-state index in [2.05, 4.69) is 39.8 Å². The number of rotatable bonds is 5. The van der Waals surface area contributed by atoms with Crippen molar-refractivity contribution in [1.29, 1.82) is 0 Å². The second-order valence-corrected chi connectivity index (χ2v) is 9.35. The number of allylic oxidation sites excluding steroid dienone is 6. The van der Waals surface area contributed by atoms with Gasteiger partial charge in [-0.05, 0) is 72.1 Å². The minimum absolute atomic E-state index is 0.0260. The fraction of sp³-hybridized carbons (Fsp3) is 0.667. The van der Waals surface area contributed by atoms with Crippen LogP contribution in [0.5, 0.6) is 0 Å². The molecular formula is C24H36O3. The number of ketones is 2. The van der Waals surface area contributed by atoms with Gasteiger partial charge in [-0.3, -0.25) is 9.59 Å². The van der Waals surface area contributed by atoms with Crippen molar-refractivity contribution in [1.82, 2.24) is 0 Å². The van der Waals surface area contributed by atoms with Gasteiger partial charge in [-0.25, -0.2) is 0 Å². The van der Waals surface area contributed by atoms with E-state index < -0.39 is 10.8 Å². The Hall–Kier alpha value is -1.64. The van der Waals surface area contributed by atoms with E-state index in [0.29, 0.717) is 17.8 Å². The van der Waals surface area contributed by atoms with E-state index >= 15 is 0 Å². The van der Waals surface area contributed by atoms with Crippen molar-refractivity contribution in [2.75, 3.05) is 7.11 Å². The summed E-state index contributed by atoms with van der Waals surface area (Å²) in [6, 6.07) is 0. The molecule has 27 heavy (non-hydrogen) atoms. The molecule has 0 aromatic heterocycles. The molecular weight excluding hydrogens is 336 g/mol. The second-order valence-electron chi connectivity index (χ2n) is 9.35. The van der Waals surface area contributed by atoms with Crippen LogP contribution in [0.1, 0.15) is 74.1 Å². The van der Waals surface area contributed by atoms with Gasteiger partial charge in [-0.15, -0.1) is 0 Å². The lowest BCUT2D eigenvalue weighted by atomic mass is 9.51. The molecule has 0 saturated carbocycles. The van der Waals surface area contributed by atoms with Crippen molar-refractivity contribution in [3.05, 3.63) is 34.6 Å². The van der Waals surface area contributed by atoms with E-state index in [1.807, 2.05) is 20.8 Å². The molecule has 2 aliphatic rings. The third kappa shape index (κ3) is 3.58. The van der Waals surface area contributed by atoms with Crippen LogP contribution in [-0.4, -0.2) is 18.7 Å². The van der Waals surface area contributed by atoms with Gasteiger partial charge < -0.3 is 4.74 Å². The third-order valence-electron chi connectivity index (χ3n) is 6.48. The monoisotopic (exact) mass is 372 g/mol. The number of Topliss-reactive ketones (excluding diaryl/α,β-unsaturated/α-hetero) is 2. The van der Waals surface area contributed by atoms with Crippen molar-refractivity contribution >= 4 is 11.6 Å². The summed E-state index contributed by atoms with van der Waals surface area (Å²) in [5.41, 5.74) is 1.62. The Bertz CT molecular complexity index is 714. The zero-order valence-corrected chi connectivity index (χ0v) is 18.4. The van der Waals surface area contributed by atoms with E-state index in [1.54, 1.807) is 7.11 Å².